The average Bonchev–Trinajstić information content (AvgIpc) is 2.38. The summed E-state index contributed by atoms with van der Waals surface area (Å²) in [5.41, 5.74) is 0.766. The molecule has 5 nitrogen and oxygen atoms in total. The van der Waals surface area contributed by atoms with E-state index in [-0.39, 0.29) is 0 Å². The van der Waals surface area contributed by atoms with Crippen molar-refractivity contribution in [2.45, 2.75) is 13.0 Å². The zero-order chi connectivity index (χ0) is 13.7. The van der Waals surface area contributed by atoms with Gasteiger partial charge in [-0.3, -0.25) is 0 Å². The fraction of sp³-hybridized carbons (Fsp3) is 0.333. The molecule has 98 valence electrons. The van der Waals surface area contributed by atoms with Crippen molar-refractivity contribution < 1.29 is 23.8 Å². The van der Waals surface area contributed by atoms with E-state index < -0.39 is 18.0 Å². The van der Waals surface area contributed by atoms with E-state index in [9.17, 15) is 9.59 Å². The Bertz CT molecular complexity index is 442. The number of benzene rings is 1. The molecule has 0 saturated carbocycles. The lowest BCUT2D eigenvalue weighted by Gasteiger charge is -2.15. The molecule has 1 aromatic rings. The van der Waals surface area contributed by atoms with Crippen LogP contribution in [0, 0.1) is 6.92 Å². The Labute approximate surface area is 110 Å². The molecule has 0 aromatic heterocycles. The lowest BCUT2D eigenvalue weighted by molar-refractivity contribution is -0.163. The van der Waals surface area contributed by atoms with E-state index in [0.29, 0.717) is 10.8 Å². The Balaban J connectivity index is 2.92. The molecule has 0 bridgehead atoms. The molecule has 1 aromatic carbocycles. The number of halogens is 1. The zero-order valence-electron chi connectivity index (χ0n) is 10.2. The topological polar surface area (TPSA) is 61.8 Å². The van der Waals surface area contributed by atoms with E-state index in [1.54, 1.807) is 25.1 Å². The predicted octanol–water partition coefficient (Wildman–Crippen LogP) is 1.74. The van der Waals surface area contributed by atoms with E-state index in [0.717, 1.165) is 19.8 Å². The van der Waals surface area contributed by atoms with Crippen LogP contribution in [0.2, 0.25) is 5.02 Å². The Kier molecular flexibility index (Phi) is 4.97. The van der Waals surface area contributed by atoms with Crippen molar-refractivity contribution >= 4 is 23.5 Å². The summed E-state index contributed by atoms with van der Waals surface area (Å²) in [6.45, 7) is 1.78. The van der Waals surface area contributed by atoms with Crippen molar-refractivity contribution in [2.24, 2.45) is 0 Å². The summed E-state index contributed by atoms with van der Waals surface area (Å²) in [6, 6.07) is 4.77. The number of hydrogen-bond acceptors (Lipinski definition) is 5. The Morgan fingerprint density at radius 3 is 2.17 bits per heavy atom. The minimum absolute atomic E-state index is 0.331. The summed E-state index contributed by atoms with van der Waals surface area (Å²) in [4.78, 5) is 22.8. The molecule has 0 radical (unpaired) electrons. The molecule has 0 heterocycles. The number of aryl methyl sites for hydroxylation is 1. The number of esters is 2. The Morgan fingerprint density at radius 2 is 1.72 bits per heavy atom. The van der Waals surface area contributed by atoms with Crippen LogP contribution in [0.4, 0.5) is 0 Å². The van der Waals surface area contributed by atoms with E-state index in [1.165, 1.54) is 0 Å². The molecule has 0 amide bonds. The highest BCUT2D eigenvalue weighted by atomic mass is 35.5. The van der Waals surface area contributed by atoms with Crippen LogP contribution in [-0.2, 0) is 19.1 Å². The summed E-state index contributed by atoms with van der Waals surface area (Å²) in [7, 11) is 2.32. The molecule has 0 aliphatic heterocycles. The first-order valence-electron chi connectivity index (χ1n) is 5.08. The van der Waals surface area contributed by atoms with Crippen LogP contribution >= 0.6 is 11.6 Å². The third-order valence-corrected chi connectivity index (χ3v) is 2.64. The summed E-state index contributed by atoms with van der Waals surface area (Å²) >= 11 is 5.86. The highest BCUT2D eigenvalue weighted by Gasteiger charge is 2.31. The van der Waals surface area contributed by atoms with Gasteiger partial charge in [0.2, 0.25) is 0 Å². The SMILES string of the molecule is COC(=O)C(Oc1ccc(Cl)c(C)c1)C(=O)OC. The second-order valence-corrected chi connectivity index (χ2v) is 3.86. The van der Waals surface area contributed by atoms with Gasteiger partial charge < -0.3 is 14.2 Å². The number of ether oxygens (including phenoxy) is 3. The maximum Gasteiger partial charge on any atom is 0.359 e. The molecule has 0 unspecified atom stereocenters. The molecule has 0 aliphatic carbocycles. The van der Waals surface area contributed by atoms with Gasteiger partial charge in [-0.05, 0) is 30.7 Å². The van der Waals surface area contributed by atoms with Gasteiger partial charge in [0.1, 0.15) is 5.75 Å². The van der Waals surface area contributed by atoms with Crippen LogP contribution in [0.5, 0.6) is 5.75 Å². The van der Waals surface area contributed by atoms with Crippen LogP contribution in [-0.4, -0.2) is 32.3 Å². The fourth-order valence-corrected chi connectivity index (χ4v) is 1.35. The summed E-state index contributed by atoms with van der Waals surface area (Å²) in [6.07, 6.45) is -1.44. The molecule has 0 N–H and O–H groups in total. The second kappa shape index (κ2) is 6.26. The quantitative estimate of drug-likeness (QED) is 0.617. The van der Waals surface area contributed by atoms with E-state index in [2.05, 4.69) is 9.47 Å². The first kappa shape index (κ1) is 14.3. The van der Waals surface area contributed by atoms with Crippen LogP contribution in [0.15, 0.2) is 18.2 Å². The lowest BCUT2D eigenvalue weighted by atomic mass is 10.2. The smallest absolute Gasteiger partial charge is 0.359 e. The number of hydrogen-bond donors (Lipinski definition) is 0. The molecule has 18 heavy (non-hydrogen) atoms. The molecule has 0 aliphatic rings. The van der Waals surface area contributed by atoms with Crippen molar-refractivity contribution in [1.29, 1.82) is 0 Å². The molecule has 0 saturated heterocycles. The van der Waals surface area contributed by atoms with Gasteiger partial charge in [0.15, 0.2) is 0 Å². The molecule has 1 rings (SSSR count). The maximum absolute atomic E-state index is 11.4. The number of rotatable bonds is 4. The van der Waals surface area contributed by atoms with E-state index in [4.69, 9.17) is 16.3 Å². The van der Waals surface area contributed by atoms with Gasteiger partial charge in [0.05, 0.1) is 14.2 Å². The van der Waals surface area contributed by atoms with Gasteiger partial charge in [0.25, 0.3) is 6.10 Å². The van der Waals surface area contributed by atoms with Crippen molar-refractivity contribution in [2.75, 3.05) is 14.2 Å². The highest BCUT2D eigenvalue weighted by Crippen LogP contribution is 2.22. The number of carbonyl (C=O) groups excluding carboxylic acids is 2. The predicted molar refractivity (Wildman–Crippen MR) is 64.6 cm³/mol. The molecule has 0 atom stereocenters. The Morgan fingerprint density at radius 1 is 1.17 bits per heavy atom. The van der Waals surface area contributed by atoms with E-state index in [1.807, 2.05) is 0 Å². The largest absolute Gasteiger partial charge is 0.467 e. The molecular formula is C12H13ClO5. The fourth-order valence-electron chi connectivity index (χ4n) is 1.23. The lowest BCUT2D eigenvalue weighted by Crippen LogP contribution is -2.37. The van der Waals surface area contributed by atoms with Crippen LogP contribution in [0.25, 0.3) is 0 Å². The minimum atomic E-state index is -1.44. The normalized spacial score (nSPS) is 10.1. The van der Waals surface area contributed by atoms with Crippen molar-refractivity contribution in [1.82, 2.24) is 0 Å². The van der Waals surface area contributed by atoms with Gasteiger partial charge in [0, 0.05) is 5.02 Å². The monoisotopic (exact) mass is 272 g/mol. The van der Waals surface area contributed by atoms with Gasteiger partial charge in [-0.2, -0.15) is 0 Å². The van der Waals surface area contributed by atoms with Crippen LogP contribution < -0.4 is 4.74 Å². The number of carbonyl (C=O) groups is 2. The Hall–Kier alpha value is -1.75. The van der Waals surface area contributed by atoms with Crippen molar-refractivity contribution in [3.63, 3.8) is 0 Å². The summed E-state index contributed by atoms with van der Waals surface area (Å²) < 4.78 is 14.2. The molecular weight excluding hydrogens is 260 g/mol. The highest BCUT2D eigenvalue weighted by molar-refractivity contribution is 6.31. The first-order valence-corrected chi connectivity index (χ1v) is 5.46. The standard InChI is InChI=1S/C12H13ClO5/c1-7-6-8(4-5-9(7)13)18-10(11(14)16-2)12(15)17-3/h4-6,10H,1-3H3. The van der Waals surface area contributed by atoms with Crippen molar-refractivity contribution in [3.05, 3.63) is 28.8 Å². The van der Waals surface area contributed by atoms with Crippen LogP contribution in [0.3, 0.4) is 0 Å². The van der Waals surface area contributed by atoms with Crippen LogP contribution in [0.1, 0.15) is 5.56 Å². The van der Waals surface area contributed by atoms with E-state index >= 15 is 0 Å². The minimum Gasteiger partial charge on any atom is -0.467 e. The molecule has 0 spiro atoms. The summed E-state index contributed by atoms with van der Waals surface area (Å²) in [5.74, 6) is -1.32. The molecule has 6 heteroatoms. The van der Waals surface area contributed by atoms with Gasteiger partial charge >= 0.3 is 11.9 Å². The second-order valence-electron chi connectivity index (χ2n) is 3.46. The molecule has 0 fully saturated rings. The summed E-state index contributed by atoms with van der Waals surface area (Å²) in [5, 5.41) is 0.565. The van der Waals surface area contributed by atoms with Gasteiger partial charge in [-0.25, -0.2) is 9.59 Å². The van der Waals surface area contributed by atoms with Gasteiger partial charge in [-0.1, -0.05) is 11.6 Å². The third-order valence-electron chi connectivity index (χ3n) is 2.21. The zero-order valence-corrected chi connectivity index (χ0v) is 11.0. The van der Waals surface area contributed by atoms with Gasteiger partial charge in [-0.15, -0.1) is 0 Å². The van der Waals surface area contributed by atoms with Crippen molar-refractivity contribution in [3.8, 4) is 5.75 Å². The third kappa shape index (κ3) is 3.37. The number of methoxy groups -OCH3 is 2. The average molecular weight is 273 g/mol. The maximum atomic E-state index is 11.4. The first-order chi connectivity index (χ1) is 8.49.